The van der Waals surface area contributed by atoms with Crippen LogP contribution in [0.25, 0.3) is 0 Å². The lowest BCUT2D eigenvalue weighted by Crippen LogP contribution is -2.27. The lowest BCUT2D eigenvalue weighted by atomic mass is 9.83. The van der Waals surface area contributed by atoms with Crippen LogP contribution < -0.4 is 11.1 Å². The summed E-state index contributed by atoms with van der Waals surface area (Å²) in [6.07, 6.45) is 4.98. The molecule has 0 unspecified atom stereocenters. The second-order valence-corrected chi connectivity index (χ2v) is 4.83. The summed E-state index contributed by atoms with van der Waals surface area (Å²) >= 11 is 5.74. The molecule has 1 aromatic heterocycles. The van der Waals surface area contributed by atoms with Gasteiger partial charge < -0.3 is 11.1 Å². The van der Waals surface area contributed by atoms with Crippen LogP contribution in [0.4, 0.5) is 5.82 Å². The maximum absolute atomic E-state index is 11.8. The molecule has 1 fully saturated rings. The van der Waals surface area contributed by atoms with Gasteiger partial charge in [-0.05, 0) is 24.5 Å². The molecule has 0 bridgehead atoms. The molecule has 1 amide bonds. The highest BCUT2D eigenvalue weighted by atomic mass is 35.5. The van der Waals surface area contributed by atoms with Gasteiger partial charge >= 0.3 is 0 Å². The molecule has 4 nitrogen and oxygen atoms in total. The van der Waals surface area contributed by atoms with E-state index in [1.807, 2.05) is 0 Å². The fourth-order valence-electron chi connectivity index (χ4n) is 1.92. The molecule has 0 spiro atoms. The first-order valence-electron chi connectivity index (χ1n) is 5.86. The second kappa shape index (κ2) is 5.36. The average Bonchev–Trinajstić information content (AvgIpc) is 2.20. The number of hydrogen-bond donors (Lipinski definition) is 2. The summed E-state index contributed by atoms with van der Waals surface area (Å²) in [4.78, 5) is 15.6. The van der Waals surface area contributed by atoms with Crippen molar-refractivity contribution in [2.45, 2.75) is 25.7 Å². The van der Waals surface area contributed by atoms with Crippen LogP contribution in [0, 0.1) is 5.92 Å². The molecular weight excluding hydrogens is 238 g/mol. The van der Waals surface area contributed by atoms with E-state index in [0.29, 0.717) is 12.1 Å². The fourth-order valence-corrected chi connectivity index (χ4v) is 2.14. The Kier molecular flexibility index (Phi) is 3.84. The Morgan fingerprint density at radius 3 is 2.88 bits per heavy atom. The van der Waals surface area contributed by atoms with Gasteiger partial charge in [-0.1, -0.05) is 30.9 Å². The van der Waals surface area contributed by atoms with Crippen molar-refractivity contribution in [2.24, 2.45) is 5.92 Å². The van der Waals surface area contributed by atoms with Crippen LogP contribution in [-0.4, -0.2) is 17.4 Å². The van der Waals surface area contributed by atoms with Gasteiger partial charge in [-0.25, -0.2) is 4.98 Å². The largest absolute Gasteiger partial charge is 0.384 e. The Morgan fingerprint density at radius 1 is 1.53 bits per heavy atom. The summed E-state index contributed by atoms with van der Waals surface area (Å²) in [5.74, 6) is 0.920. The number of amides is 1. The predicted molar refractivity (Wildman–Crippen MR) is 68.0 cm³/mol. The van der Waals surface area contributed by atoms with Gasteiger partial charge in [0.25, 0.3) is 5.91 Å². The monoisotopic (exact) mass is 253 g/mol. The van der Waals surface area contributed by atoms with E-state index in [9.17, 15) is 4.79 Å². The van der Waals surface area contributed by atoms with Crippen molar-refractivity contribution in [3.05, 3.63) is 22.8 Å². The van der Waals surface area contributed by atoms with E-state index in [-0.39, 0.29) is 16.9 Å². The molecule has 0 radical (unpaired) electrons. The Bertz CT molecular complexity index is 398. The molecule has 2 rings (SSSR count). The van der Waals surface area contributed by atoms with E-state index in [1.54, 1.807) is 0 Å². The molecule has 1 aliphatic rings. The van der Waals surface area contributed by atoms with Crippen LogP contribution in [-0.2, 0) is 0 Å². The normalized spacial score (nSPS) is 15.4. The van der Waals surface area contributed by atoms with Gasteiger partial charge in [0.2, 0.25) is 0 Å². The van der Waals surface area contributed by atoms with Crippen molar-refractivity contribution in [1.29, 1.82) is 0 Å². The zero-order valence-electron chi connectivity index (χ0n) is 9.58. The number of aromatic nitrogens is 1. The Labute approximate surface area is 106 Å². The first kappa shape index (κ1) is 12.2. The molecule has 17 heavy (non-hydrogen) atoms. The van der Waals surface area contributed by atoms with Crippen molar-refractivity contribution in [3.8, 4) is 0 Å². The van der Waals surface area contributed by atoms with Crippen molar-refractivity contribution in [3.63, 3.8) is 0 Å². The Balaban J connectivity index is 1.85. The van der Waals surface area contributed by atoms with Crippen LogP contribution in [0.5, 0.6) is 0 Å². The highest BCUT2D eigenvalue weighted by Crippen LogP contribution is 2.28. The lowest BCUT2D eigenvalue weighted by Gasteiger charge is -2.25. The number of nitrogen functional groups attached to an aromatic ring is 1. The number of pyridine rings is 1. The maximum atomic E-state index is 11.8. The van der Waals surface area contributed by atoms with Crippen molar-refractivity contribution >= 4 is 23.3 Å². The van der Waals surface area contributed by atoms with Gasteiger partial charge in [0.1, 0.15) is 11.0 Å². The smallest absolute Gasteiger partial charge is 0.251 e. The SMILES string of the molecule is Nc1cc(C(=O)NCCC2CCC2)cc(Cl)n1. The first-order chi connectivity index (χ1) is 8.15. The highest BCUT2D eigenvalue weighted by molar-refractivity contribution is 6.29. The molecule has 1 aliphatic carbocycles. The molecule has 0 saturated heterocycles. The second-order valence-electron chi connectivity index (χ2n) is 4.44. The third-order valence-electron chi connectivity index (χ3n) is 3.14. The maximum Gasteiger partial charge on any atom is 0.251 e. The van der Waals surface area contributed by atoms with Gasteiger partial charge in [-0.15, -0.1) is 0 Å². The molecule has 92 valence electrons. The van der Waals surface area contributed by atoms with Gasteiger partial charge in [0, 0.05) is 12.1 Å². The Morgan fingerprint density at radius 2 is 2.29 bits per heavy atom. The van der Waals surface area contributed by atoms with E-state index < -0.39 is 0 Å². The van der Waals surface area contributed by atoms with E-state index in [4.69, 9.17) is 17.3 Å². The number of rotatable bonds is 4. The molecule has 3 N–H and O–H groups in total. The Hall–Kier alpha value is -1.29. The quantitative estimate of drug-likeness (QED) is 0.809. The summed E-state index contributed by atoms with van der Waals surface area (Å²) in [6, 6.07) is 3.06. The minimum Gasteiger partial charge on any atom is -0.384 e. The van der Waals surface area contributed by atoms with Crippen molar-refractivity contribution in [1.82, 2.24) is 10.3 Å². The molecule has 1 heterocycles. The summed E-state index contributed by atoms with van der Waals surface area (Å²) in [7, 11) is 0. The molecule has 0 aliphatic heterocycles. The van der Waals surface area contributed by atoms with Gasteiger partial charge in [-0.3, -0.25) is 4.79 Å². The molecule has 1 saturated carbocycles. The number of carbonyl (C=O) groups is 1. The standard InChI is InChI=1S/C12H16ClN3O/c13-10-6-9(7-11(14)16-10)12(17)15-5-4-8-2-1-3-8/h6-8H,1-5H2,(H2,14,16)(H,15,17). The van der Waals surface area contributed by atoms with E-state index in [0.717, 1.165) is 12.3 Å². The van der Waals surface area contributed by atoms with E-state index >= 15 is 0 Å². The van der Waals surface area contributed by atoms with Crippen molar-refractivity contribution < 1.29 is 4.79 Å². The summed E-state index contributed by atoms with van der Waals surface area (Å²) in [5, 5.41) is 3.12. The van der Waals surface area contributed by atoms with Crippen LogP contribution >= 0.6 is 11.6 Å². The molecular formula is C12H16ClN3O. The fraction of sp³-hybridized carbons (Fsp3) is 0.500. The van der Waals surface area contributed by atoms with Gasteiger partial charge in [-0.2, -0.15) is 0 Å². The molecule has 0 atom stereocenters. The zero-order chi connectivity index (χ0) is 12.3. The van der Waals surface area contributed by atoms with Crippen LogP contribution in [0.1, 0.15) is 36.0 Å². The topological polar surface area (TPSA) is 68.0 Å². The number of hydrogen-bond acceptors (Lipinski definition) is 3. The van der Waals surface area contributed by atoms with E-state index in [1.165, 1.54) is 31.4 Å². The molecule has 0 aromatic carbocycles. The third kappa shape index (κ3) is 3.33. The lowest BCUT2D eigenvalue weighted by molar-refractivity contribution is 0.0949. The highest BCUT2D eigenvalue weighted by Gasteiger charge is 2.17. The zero-order valence-corrected chi connectivity index (χ0v) is 10.3. The van der Waals surface area contributed by atoms with Crippen LogP contribution in [0.3, 0.4) is 0 Å². The van der Waals surface area contributed by atoms with Crippen LogP contribution in [0.15, 0.2) is 12.1 Å². The predicted octanol–water partition coefficient (Wildman–Crippen LogP) is 2.24. The first-order valence-corrected chi connectivity index (χ1v) is 6.24. The number of anilines is 1. The average molecular weight is 254 g/mol. The van der Waals surface area contributed by atoms with Crippen LogP contribution in [0.2, 0.25) is 5.15 Å². The van der Waals surface area contributed by atoms with Gasteiger partial charge in [0.05, 0.1) is 0 Å². The van der Waals surface area contributed by atoms with Gasteiger partial charge in [0.15, 0.2) is 0 Å². The van der Waals surface area contributed by atoms with Crippen molar-refractivity contribution in [2.75, 3.05) is 12.3 Å². The number of nitrogens with one attached hydrogen (secondary N) is 1. The summed E-state index contributed by atoms with van der Waals surface area (Å²) in [5.41, 5.74) is 6.00. The summed E-state index contributed by atoms with van der Waals surface area (Å²) in [6.45, 7) is 0.712. The number of halogens is 1. The summed E-state index contributed by atoms with van der Waals surface area (Å²) < 4.78 is 0. The molecule has 1 aromatic rings. The third-order valence-corrected chi connectivity index (χ3v) is 3.33. The number of nitrogens with zero attached hydrogens (tertiary/aromatic N) is 1. The number of nitrogens with two attached hydrogens (primary N) is 1. The minimum atomic E-state index is -0.139. The molecule has 5 heteroatoms. The minimum absolute atomic E-state index is 0.139. The number of carbonyl (C=O) groups excluding carboxylic acids is 1. The van der Waals surface area contributed by atoms with E-state index in [2.05, 4.69) is 10.3 Å².